The van der Waals surface area contributed by atoms with E-state index in [9.17, 15) is 14.7 Å². The van der Waals surface area contributed by atoms with Gasteiger partial charge in [-0.05, 0) is 47.2 Å². The second-order valence-corrected chi connectivity index (χ2v) is 6.32. The fraction of sp³-hybridized carbons (Fsp3) is 0.0476. The maximum absolute atomic E-state index is 12.6. The number of nitrogens with one attached hydrogen (secondary N) is 2. The monoisotopic (exact) mass is 405 g/mol. The number of aliphatic imine (C=N–C) groups is 1. The first-order chi connectivity index (χ1) is 14.4. The van der Waals surface area contributed by atoms with Crippen molar-refractivity contribution in [2.45, 2.75) is 6.42 Å². The van der Waals surface area contributed by atoms with Crippen molar-refractivity contribution >= 4 is 40.6 Å². The van der Waals surface area contributed by atoms with E-state index >= 15 is 0 Å². The molecule has 0 aliphatic rings. The quantitative estimate of drug-likeness (QED) is 0.100. The van der Waals surface area contributed by atoms with E-state index in [4.69, 9.17) is 21.7 Å². The standard InChI is InChI=1S/C21H19N5O4/c22-20(23)14-3-7-16-13(9-14)4-8-18(17(16)10-19(27)28)30-21(29)12-1-5-15(6-2-12)25-11-26-24/h1-9,11H,10,24H2,(H3,22,23)(H,25,26)(H,27,28). The Balaban J connectivity index is 1.95. The molecule has 0 bridgehead atoms. The largest absolute Gasteiger partial charge is 0.481 e. The van der Waals surface area contributed by atoms with Gasteiger partial charge in [-0.3, -0.25) is 10.2 Å². The second-order valence-electron chi connectivity index (χ2n) is 6.32. The van der Waals surface area contributed by atoms with Crippen LogP contribution in [0.5, 0.6) is 5.75 Å². The molecule has 0 aliphatic carbocycles. The van der Waals surface area contributed by atoms with Crippen LogP contribution in [0.1, 0.15) is 21.5 Å². The molecular weight excluding hydrogens is 386 g/mol. The molecular formula is C21H19N5O4. The van der Waals surface area contributed by atoms with Gasteiger partial charge in [-0.2, -0.15) is 0 Å². The van der Waals surface area contributed by atoms with Crippen molar-refractivity contribution in [3.63, 3.8) is 0 Å². The number of fused-ring (bicyclic) bond motifs is 1. The number of hydrogen-bond acceptors (Lipinski definition) is 6. The third kappa shape index (κ3) is 4.59. The van der Waals surface area contributed by atoms with Gasteiger partial charge in [0.15, 0.2) is 0 Å². The lowest BCUT2D eigenvalue weighted by Crippen LogP contribution is -2.18. The molecule has 0 radical (unpaired) electrons. The number of hydrogen-bond donors (Lipinski definition) is 5. The molecule has 0 unspecified atom stereocenters. The maximum Gasteiger partial charge on any atom is 0.343 e. The lowest BCUT2D eigenvalue weighted by Gasteiger charge is -2.13. The number of nitrogen functional groups attached to an aromatic ring is 1. The van der Waals surface area contributed by atoms with Gasteiger partial charge in [0.05, 0.1) is 17.7 Å². The van der Waals surface area contributed by atoms with Crippen LogP contribution in [-0.2, 0) is 11.2 Å². The number of hydrazine groups is 1. The Labute approximate surface area is 171 Å². The van der Waals surface area contributed by atoms with Gasteiger partial charge in [-0.1, -0.05) is 18.2 Å². The van der Waals surface area contributed by atoms with Crippen molar-refractivity contribution in [1.82, 2.24) is 5.43 Å². The number of carbonyl (C=O) groups is 2. The number of benzene rings is 3. The first-order valence-electron chi connectivity index (χ1n) is 8.82. The van der Waals surface area contributed by atoms with Crippen LogP contribution in [0.3, 0.4) is 0 Å². The summed E-state index contributed by atoms with van der Waals surface area (Å²) in [6, 6.07) is 14.5. The summed E-state index contributed by atoms with van der Waals surface area (Å²) >= 11 is 0. The van der Waals surface area contributed by atoms with Crippen LogP contribution in [0.25, 0.3) is 10.8 Å². The molecule has 0 spiro atoms. The van der Waals surface area contributed by atoms with Gasteiger partial charge in [-0.15, -0.1) is 0 Å². The third-order valence-electron chi connectivity index (χ3n) is 4.32. The minimum atomic E-state index is -1.06. The number of ether oxygens (including phenoxy) is 1. The summed E-state index contributed by atoms with van der Waals surface area (Å²) in [5.74, 6) is 3.48. The molecule has 0 fully saturated rings. The normalized spacial score (nSPS) is 10.8. The van der Waals surface area contributed by atoms with Gasteiger partial charge in [0.1, 0.15) is 17.9 Å². The zero-order valence-corrected chi connectivity index (χ0v) is 15.8. The average molecular weight is 405 g/mol. The van der Waals surface area contributed by atoms with Crippen molar-refractivity contribution in [2.75, 3.05) is 0 Å². The molecule has 0 heterocycles. The molecule has 0 saturated heterocycles. The Hall–Kier alpha value is -4.24. The minimum Gasteiger partial charge on any atom is -0.481 e. The fourth-order valence-corrected chi connectivity index (χ4v) is 2.93. The Morgan fingerprint density at radius 1 is 1.10 bits per heavy atom. The molecule has 7 N–H and O–H groups in total. The molecule has 0 aliphatic heterocycles. The molecule has 0 amide bonds. The molecule has 3 aromatic rings. The zero-order valence-electron chi connectivity index (χ0n) is 15.8. The Kier molecular flexibility index (Phi) is 6.04. The number of aliphatic carboxylic acids is 1. The van der Waals surface area contributed by atoms with Crippen LogP contribution in [0.15, 0.2) is 59.6 Å². The second kappa shape index (κ2) is 8.84. The maximum atomic E-state index is 12.6. The molecule has 9 nitrogen and oxygen atoms in total. The van der Waals surface area contributed by atoms with Gasteiger partial charge < -0.3 is 21.0 Å². The number of esters is 1. The lowest BCUT2D eigenvalue weighted by atomic mass is 9.99. The molecule has 3 aromatic carbocycles. The van der Waals surface area contributed by atoms with E-state index in [0.29, 0.717) is 27.6 Å². The van der Waals surface area contributed by atoms with Crippen LogP contribution < -0.4 is 21.7 Å². The summed E-state index contributed by atoms with van der Waals surface area (Å²) in [6.45, 7) is 0. The summed E-state index contributed by atoms with van der Waals surface area (Å²) in [5.41, 5.74) is 9.55. The smallest absolute Gasteiger partial charge is 0.343 e. The van der Waals surface area contributed by atoms with Crippen LogP contribution >= 0.6 is 0 Å². The number of carboxylic acids is 1. The zero-order chi connectivity index (χ0) is 21.7. The predicted molar refractivity (Wildman–Crippen MR) is 113 cm³/mol. The first-order valence-corrected chi connectivity index (χ1v) is 8.82. The summed E-state index contributed by atoms with van der Waals surface area (Å²) in [7, 11) is 0. The molecule has 0 saturated carbocycles. The molecule has 152 valence electrons. The number of carboxylic acid groups (broad SMARTS) is 1. The van der Waals surface area contributed by atoms with Crippen LogP contribution in [0.2, 0.25) is 0 Å². The van der Waals surface area contributed by atoms with Gasteiger partial charge in [0.2, 0.25) is 0 Å². The minimum absolute atomic E-state index is 0.0952. The lowest BCUT2D eigenvalue weighted by molar-refractivity contribution is -0.136. The summed E-state index contributed by atoms with van der Waals surface area (Å²) in [4.78, 5) is 28.0. The Morgan fingerprint density at radius 2 is 1.80 bits per heavy atom. The fourth-order valence-electron chi connectivity index (χ4n) is 2.93. The van der Waals surface area contributed by atoms with E-state index in [-0.39, 0.29) is 23.6 Å². The summed E-state index contributed by atoms with van der Waals surface area (Å²) in [5, 5.41) is 18.2. The highest BCUT2D eigenvalue weighted by molar-refractivity contribution is 6.01. The number of amidine groups is 1. The van der Waals surface area contributed by atoms with E-state index in [2.05, 4.69) is 10.4 Å². The number of nitrogens with zero attached hydrogens (tertiary/aromatic N) is 1. The average Bonchev–Trinajstić information content (AvgIpc) is 2.73. The van der Waals surface area contributed by atoms with Gasteiger partial charge >= 0.3 is 11.9 Å². The predicted octanol–water partition coefficient (Wildman–Crippen LogP) is 2.09. The number of rotatable bonds is 7. The third-order valence-corrected chi connectivity index (χ3v) is 4.32. The highest BCUT2D eigenvalue weighted by Gasteiger charge is 2.17. The van der Waals surface area contributed by atoms with Crippen molar-refractivity contribution in [2.24, 2.45) is 16.6 Å². The van der Waals surface area contributed by atoms with E-state index < -0.39 is 11.9 Å². The van der Waals surface area contributed by atoms with Gasteiger partial charge in [0.25, 0.3) is 0 Å². The van der Waals surface area contributed by atoms with E-state index in [1.165, 1.54) is 12.4 Å². The SMILES string of the molecule is N=C(N)c1ccc2c(CC(=O)O)c(OC(=O)c3ccc(N=CNN)cc3)ccc2c1. The first kappa shape index (κ1) is 20.5. The highest BCUT2D eigenvalue weighted by atomic mass is 16.5. The molecule has 3 rings (SSSR count). The Bertz CT molecular complexity index is 1160. The van der Waals surface area contributed by atoms with Crippen molar-refractivity contribution in [1.29, 1.82) is 5.41 Å². The molecule has 9 heteroatoms. The summed E-state index contributed by atoms with van der Waals surface area (Å²) < 4.78 is 5.50. The van der Waals surface area contributed by atoms with Gasteiger partial charge in [-0.25, -0.2) is 15.6 Å². The summed E-state index contributed by atoms with van der Waals surface area (Å²) in [6.07, 6.45) is 0.969. The Morgan fingerprint density at radius 3 is 2.43 bits per heavy atom. The molecule has 30 heavy (non-hydrogen) atoms. The van der Waals surface area contributed by atoms with E-state index in [1.807, 2.05) is 0 Å². The van der Waals surface area contributed by atoms with Crippen molar-refractivity contribution in [3.05, 3.63) is 71.3 Å². The van der Waals surface area contributed by atoms with Crippen molar-refractivity contribution in [3.8, 4) is 5.75 Å². The van der Waals surface area contributed by atoms with E-state index in [0.717, 1.165) is 0 Å². The highest BCUT2D eigenvalue weighted by Crippen LogP contribution is 2.30. The van der Waals surface area contributed by atoms with Crippen LogP contribution in [-0.4, -0.2) is 29.2 Å². The number of nitrogens with two attached hydrogens (primary N) is 2. The van der Waals surface area contributed by atoms with Crippen LogP contribution in [0.4, 0.5) is 5.69 Å². The van der Waals surface area contributed by atoms with Crippen molar-refractivity contribution < 1.29 is 19.4 Å². The molecule has 0 aromatic heterocycles. The van der Waals surface area contributed by atoms with Crippen LogP contribution in [0, 0.1) is 5.41 Å². The molecule has 0 atom stereocenters. The van der Waals surface area contributed by atoms with Gasteiger partial charge in [0, 0.05) is 11.1 Å². The van der Waals surface area contributed by atoms with E-state index in [1.54, 1.807) is 48.5 Å². The number of carbonyl (C=O) groups excluding carboxylic acids is 1. The topological polar surface area (TPSA) is 164 Å².